The molecule has 3 rings (SSSR count). The summed E-state index contributed by atoms with van der Waals surface area (Å²) in [5.41, 5.74) is 8.60. The zero-order valence-corrected chi connectivity index (χ0v) is 11.6. The molecule has 20 heavy (non-hydrogen) atoms. The molecule has 2 aromatic carbocycles. The summed E-state index contributed by atoms with van der Waals surface area (Å²) < 4.78 is 11.3. The van der Waals surface area contributed by atoms with E-state index in [1.165, 1.54) is 5.56 Å². The Morgan fingerprint density at radius 2 is 2.00 bits per heavy atom. The Morgan fingerprint density at radius 1 is 1.20 bits per heavy atom. The highest BCUT2D eigenvalue weighted by Crippen LogP contribution is 2.36. The minimum absolute atomic E-state index is 0.0263. The van der Waals surface area contributed by atoms with Crippen molar-refractivity contribution in [3.63, 3.8) is 0 Å². The van der Waals surface area contributed by atoms with Gasteiger partial charge in [0.25, 0.3) is 0 Å². The van der Waals surface area contributed by atoms with Gasteiger partial charge in [-0.25, -0.2) is 0 Å². The number of rotatable bonds is 3. The largest absolute Gasteiger partial charge is 0.497 e. The summed E-state index contributed by atoms with van der Waals surface area (Å²) in [5.74, 6) is 1.65. The highest BCUT2D eigenvalue weighted by atomic mass is 16.5. The Hall–Kier alpha value is -2.00. The van der Waals surface area contributed by atoms with Crippen molar-refractivity contribution in [3.8, 4) is 11.5 Å². The van der Waals surface area contributed by atoms with E-state index in [2.05, 4.69) is 24.3 Å². The van der Waals surface area contributed by atoms with Crippen molar-refractivity contribution in [2.24, 2.45) is 5.73 Å². The third kappa shape index (κ3) is 2.63. The maximum absolute atomic E-state index is 6.26. The third-order valence-corrected chi connectivity index (χ3v) is 3.74. The first-order valence-corrected chi connectivity index (χ1v) is 6.90. The molecule has 0 fully saturated rings. The lowest BCUT2D eigenvalue weighted by Crippen LogP contribution is -2.31. The van der Waals surface area contributed by atoms with E-state index in [0.29, 0.717) is 0 Å². The fraction of sp³-hybridized carbons (Fsp3) is 0.294. The molecular formula is C17H19NO2. The van der Waals surface area contributed by atoms with Crippen molar-refractivity contribution in [2.45, 2.75) is 25.0 Å². The highest BCUT2D eigenvalue weighted by molar-refractivity contribution is 5.44. The number of hydrogen-bond donors (Lipinski definition) is 1. The van der Waals surface area contributed by atoms with Crippen LogP contribution in [0, 0.1) is 0 Å². The molecule has 1 heterocycles. The fourth-order valence-electron chi connectivity index (χ4n) is 2.69. The molecule has 2 atom stereocenters. The molecule has 2 unspecified atom stereocenters. The van der Waals surface area contributed by atoms with Crippen molar-refractivity contribution in [3.05, 3.63) is 59.7 Å². The predicted octanol–water partition coefficient (Wildman–Crippen LogP) is 3.09. The van der Waals surface area contributed by atoms with E-state index in [-0.39, 0.29) is 12.1 Å². The van der Waals surface area contributed by atoms with Gasteiger partial charge >= 0.3 is 0 Å². The Kier molecular flexibility index (Phi) is 3.61. The van der Waals surface area contributed by atoms with Gasteiger partial charge in [0.15, 0.2) is 0 Å². The van der Waals surface area contributed by atoms with E-state index in [1.54, 1.807) is 7.11 Å². The maximum atomic E-state index is 6.26. The lowest BCUT2D eigenvalue weighted by atomic mass is 9.94. The topological polar surface area (TPSA) is 44.5 Å². The molecule has 1 aliphatic heterocycles. The minimum Gasteiger partial charge on any atom is -0.497 e. The lowest BCUT2D eigenvalue weighted by molar-refractivity contribution is 0.158. The minimum atomic E-state index is 0.0263. The Balaban J connectivity index is 1.80. The fourth-order valence-corrected chi connectivity index (χ4v) is 2.69. The van der Waals surface area contributed by atoms with E-state index in [4.69, 9.17) is 15.2 Å². The number of benzene rings is 2. The number of hydrogen-bond acceptors (Lipinski definition) is 3. The zero-order valence-electron chi connectivity index (χ0n) is 11.6. The smallest absolute Gasteiger partial charge is 0.128 e. The lowest BCUT2D eigenvalue weighted by Gasteiger charge is -2.30. The average Bonchev–Trinajstić information content (AvgIpc) is 2.47. The number of nitrogens with two attached hydrogens (primary N) is 1. The molecule has 0 amide bonds. The first-order valence-electron chi connectivity index (χ1n) is 6.90. The highest BCUT2D eigenvalue weighted by Gasteiger charge is 2.26. The molecule has 0 spiro atoms. The van der Waals surface area contributed by atoms with E-state index < -0.39 is 0 Å². The van der Waals surface area contributed by atoms with E-state index in [9.17, 15) is 0 Å². The summed E-state index contributed by atoms with van der Waals surface area (Å²) in [6, 6.07) is 16.2. The van der Waals surface area contributed by atoms with Crippen molar-refractivity contribution in [1.29, 1.82) is 0 Å². The molecule has 0 radical (unpaired) electrons. The van der Waals surface area contributed by atoms with Crippen molar-refractivity contribution in [1.82, 2.24) is 0 Å². The molecule has 2 aromatic rings. The normalized spacial score (nSPS) is 20.9. The summed E-state index contributed by atoms with van der Waals surface area (Å²) in [6.45, 7) is 0. The SMILES string of the molecule is COc1ccc2c(c1)OC(Cc1ccccc1)CC2N. The number of ether oxygens (including phenoxy) is 2. The van der Waals surface area contributed by atoms with Gasteiger partial charge in [-0.1, -0.05) is 36.4 Å². The van der Waals surface area contributed by atoms with Crippen LogP contribution in [0.1, 0.15) is 23.6 Å². The Labute approximate surface area is 119 Å². The van der Waals surface area contributed by atoms with E-state index in [1.807, 2.05) is 24.3 Å². The molecule has 0 saturated carbocycles. The van der Waals surface area contributed by atoms with Crippen LogP contribution in [0.2, 0.25) is 0 Å². The van der Waals surface area contributed by atoms with Gasteiger partial charge in [-0.05, 0) is 11.6 Å². The summed E-state index contributed by atoms with van der Waals surface area (Å²) >= 11 is 0. The molecule has 3 nitrogen and oxygen atoms in total. The van der Waals surface area contributed by atoms with Crippen LogP contribution in [-0.2, 0) is 6.42 Å². The standard InChI is InChI=1S/C17H19NO2/c1-19-13-7-8-15-16(18)10-14(20-17(15)11-13)9-12-5-3-2-4-6-12/h2-8,11,14,16H,9-10,18H2,1H3. The molecular weight excluding hydrogens is 250 g/mol. The van der Waals surface area contributed by atoms with Crippen LogP contribution in [0.15, 0.2) is 48.5 Å². The van der Waals surface area contributed by atoms with Crippen molar-refractivity contribution < 1.29 is 9.47 Å². The van der Waals surface area contributed by atoms with Gasteiger partial charge in [0.2, 0.25) is 0 Å². The first kappa shape index (κ1) is 13.0. The summed E-state index contributed by atoms with van der Waals surface area (Å²) in [4.78, 5) is 0. The van der Waals surface area contributed by atoms with Crippen molar-refractivity contribution >= 4 is 0 Å². The summed E-state index contributed by atoms with van der Waals surface area (Å²) in [7, 11) is 1.66. The molecule has 104 valence electrons. The van der Waals surface area contributed by atoms with Crippen LogP contribution >= 0.6 is 0 Å². The second-order valence-electron chi connectivity index (χ2n) is 5.18. The van der Waals surface area contributed by atoms with Crippen LogP contribution in [0.25, 0.3) is 0 Å². The Bertz CT molecular complexity index is 583. The van der Waals surface area contributed by atoms with Crippen molar-refractivity contribution in [2.75, 3.05) is 7.11 Å². The molecule has 3 heteroatoms. The molecule has 1 aliphatic rings. The summed E-state index contributed by atoms with van der Waals surface area (Å²) in [5, 5.41) is 0. The van der Waals surface area contributed by atoms with Crippen LogP contribution in [0.5, 0.6) is 11.5 Å². The second-order valence-corrected chi connectivity index (χ2v) is 5.18. The maximum Gasteiger partial charge on any atom is 0.128 e. The first-order chi connectivity index (χ1) is 9.76. The zero-order chi connectivity index (χ0) is 13.9. The molecule has 0 aromatic heterocycles. The van der Waals surface area contributed by atoms with Crippen LogP contribution in [0.4, 0.5) is 0 Å². The van der Waals surface area contributed by atoms with E-state index >= 15 is 0 Å². The Morgan fingerprint density at radius 3 is 2.75 bits per heavy atom. The molecule has 0 aliphatic carbocycles. The van der Waals surface area contributed by atoms with E-state index in [0.717, 1.165) is 29.9 Å². The molecule has 0 bridgehead atoms. The van der Waals surface area contributed by atoms with Crippen LogP contribution in [-0.4, -0.2) is 13.2 Å². The predicted molar refractivity (Wildman–Crippen MR) is 79.1 cm³/mol. The van der Waals surface area contributed by atoms with Gasteiger partial charge < -0.3 is 15.2 Å². The summed E-state index contributed by atoms with van der Waals surface area (Å²) in [6.07, 6.45) is 1.84. The van der Waals surface area contributed by atoms with Gasteiger partial charge in [0.05, 0.1) is 7.11 Å². The van der Waals surface area contributed by atoms with Gasteiger partial charge in [-0.3, -0.25) is 0 Å². The monoisotopic (exact) mass is 269 g/mol. The average molecular weight is 269 g/mol. The number of fused-ring (bicyclic) bond motifs is 1. The molecule has 0 saturated heterocycles. The van der Waals surface area contributed by atoms with Gasteiger partial charge in [-0.2, -0.15) is 0 Å². The third-order valence-electron chi connectivity index (χ3n) is 3.74. The second kappa shape index (κ2) is 5.55. The van der Waals surface area contributed by atoms with Gasteiger partial charge in [0, 0.05) is 30.5 Å². The van der Waals surface area contributed by atoms with Gasteiger partial charge in [0.1, 0.15) is 17.6 Å². The quantitative estimate of drug-likeness (QED) is 0.931. The van der Waals surface area contributed by atoms with Gasteiger partial charge in [-0.15, -0.1) is 0 Å². The van der Waals surface area contributed by atoms with Crippen LogP contribution in [0.3, 0.4) is 0 Å². The number of methoxy groups -OCH3 is 1. The molecule has 2 N–H and O–H groups in total. The van der Waals surface area contributed by atoms with Crippen LogP contribution < -0.4 is 15.2 Å².